The van der Waals surface area contributed by atoms with E-state index in [2.05, 4.69) is 20.9 Å². The molecule has 1 aromatic heterocycles. The summed E-state index contributed by atoms with van der Waals surface area (Å²) in [5.74, 6) is -2.64. The molecule has 0 saturated carbocycles. The monoisotopic (exact) mass is 479 g/mol. The molecule has 0 bridgehead atoms. The molecule has 12 heteroatoms. The van der Waals surface area contributed by atoms with Gasteiger partial charge in [-0.15, -0.1) is 0 Å². The first-order chi connectivity index (χ1) is 15.8. The number of carbonyl (C=O) groups is 4. The molecule has 2 aromatic rings. The second-order valence-electron chi connectivity index (χ2n) is 7.37. The van der Waals surface area contributed by atoms with Crippen LogP contribution in [0, 0.1) is 0 Å². The number of aliphatic hydroxyl groups is 1. The summed E-state index contributed by atoms with van der Waals surface area (Å²) in [6.45, 7) is -1.01. The number of benzene rings is 1. The minimum atomic E-state index is -1.20. The van der Waals surface area contributed by atoms with Crippen LogP contribution in [0.5, 0.6) is 0 Å². The van der Waals surface area contributed by atoms with Crippen molar-refractivity contribution < 1.29 is 29.4 Å². The number of nitrogens with one attached hydrogen (secondary N) is 4. The average Bonchev–Trinajstić information content (AvgIpc) is 3.21. The highest BCUT2D eigenvalue weighted by atomic mass is 32.2. The van der Waals surface area contributed by atoms with Crippen molar-refractivity contribution in [1.29, 1.82) is 0 Å². The van der Waals surface area contributed by atoms with Crippen LogP contribution >= 0.6 is 11.8 Å². The van der Waals surface area contributed by atoms with Gasteiger partial charge >= 0.3 is 5.97 Å². The molecular formula is C21H29N5O6S. The second kappa shape index (κ2) is 12.8. The van der Waals surface area contributed by atoms with E-state index in [0.29, 0.717) is 5.75 Å². The van der Waals surface area contributed by atoms with Crippen LogP contribution in [0.25, 0.3) is 10.9 Å². The zero-order valence-corrected chi connectivity index (χ0v) is 19.0. The van der Waals surface area contributed by atoms with Gasteiger partial charge in [-0.3, -0.25) is 14.4 Å². The predicted molar refractivity (Wildman–Crippen MR) is 125 cm³/mol. The maximum atomic E-state index is 12.8. The third-order valence-corrected chi connectivity index (χ3v) is 5.58. The highest BCUT2D eigenvalue weighted by Gasteiger charge is 2.27. The van der Waals surface area contributed by atoms with Crippen molar-refractivity contribution >= 4 is 46.4 Å². The van der Waals surface area contributed by atoms with Gasteiger partial charge in [0, 0.05) is 23.5 Å². The van der Waals surface area contributed by atoms with E-state index < -0.39 is 55.0 Å². The second-order valence-corrected chi connectivity index (χ2v) is 8.36. The lowest BCUT2D eigenvalue weighted by atomic mass is 10.0. The summed E-state index contributed by atoms with van der Waals surface area (Å²) in [6.07, 6.45) is 3.87. The van der Waals surface area contributed by atoms with Crippen molar-refractivity contribution in [1.82, 2.24) is 20.9 Å². The minimum Gasteiger partial charge on any atom is -0.480 e. The molecule has 0 radical (unpaired) electrons. The Labute approximate surface area is 194 Å². The summed E-state index contributed by atoms with van der Waals surface area (Å²) in [6, 6.07) is 4.08. The third kappa shape index (κ3) is 7.77. The Kier molecular flexibility index (Phi) is 10.2. The normalized spacial score (nSPS) is 13.7. The van der Waals surface area contributed by atoms with Crippen molar-refractivity contribution in [2.75, 3.05) is 25.2 Å². The summed E-state index contributed by atoms with van der Waals surface area (Å²) < 4.78 is 0. The highest BCUT2D eigenvalue weighted by molar-refractivity contribution is 7.98. The number of H-pyrrole nitrogens is 1. The van der Waals surface area contributed by atoms with E-state index in [9.17, 15) is 24.3 Å². The number of carboxylic acids is 1. The van der Waals surface area contributed by atoms with Crippen LogP contribution in [-0.2, 0) is 25.6 Å². The van der Waals surface area contributed by atoms with Crippen molar-refractivity contribution in [3.8, 4) is 0 Å². The van der Waals surface area contributed by atoms with Crippen LogP contribution in [0.1, 0.15) is 12.0 Å². The number of carbonyl (C=O) groups excluding carboxylic acids is 3. The smallest absolute Gasteiger partial charge is 0.326 e. The fourth-order valence-corrected chi connectivity index (χ4v) is 3.60. The molecule has 33 heavy (non-hydrogen) atoms. The topological polar surface area (TPSA) is 187 Å². The number of rotatable bonds is 13. The first-order valence-electron chi connectivity index (χ1n) is 10.3. The Bertz CT molecular complexity index is 981. The van der Waals surface area contributed by atoms with E-state index in [-0.39, 0.29) is 12.8 Å². The van der Waals surface area contributed by atoms with E-state index in [0.717, 1.165) is 16.5 Å². The predicted octanol–water partition coefficient (Wildman–Crippen LogP) is -1.05. The molecule has 0 saturated heterocycles. The van der Waals surface area contributed by atoms with Gasteiger partial charge in [0.05, 0.1) is 13.2 Å². The van der Waals surface area contributed by atoms with E-state index >= 15 is 0 Å². The van der Waals surface area contributed by atoms with Gasteiger partial charge < -0.3 is 36.9 Å². The number of hydrogen-bond acceptors (Lipinski definition) is 7. The summed E-state index contributed by atoms with van der Waals surface area (Å²) in [5.41, 5.74) is 6.97. The highest BCUT2D eigenvalue weighted by Crippen LogP contribution is 2.19. The summed E-state index contributed by atoms with van der Waals surface area (Å²) in [4.78, 5) is 51.6. The van der Waals surface area contributed by atoms with Gasteiger partial charge in [-0.1, -0.05) is 18.2 Å². The standard InChI is InChI=1S/C21H29N5O6S/c1-33-7-6-16(25-18(28)10-24-19(29)14(22)11-27)20(30)26-17(21(31)32)8-12-9-23-15-5-3-2-4-13(12)15/h2-5,9,14,16-17,23,27H,6-8,10-11,22H2,1H3,(H,24,29)(H,25,28)(H,26,30)(H,31,32). The molecule has 0 fully saturated rings. The van der Waals surface area contributed by atoms with Crippen LogP contribution in [0.4, 0.5) is 0 Å². The zero-order chi connectivity index (χ0) is 24.4. The van der Waals surface area contributed by atoms with Crippen LogP contribution in [-0.4, -0.2) is 82.2 Å². The molecule has 180 valence electrons. The molecule has 0 aliphatic carbocycles. The van der Waals surface area contributed by atoms with Gasteiger partial charge in [0.25, 0.3) is 0 Å². The molecule has 2 rings (SSSR count). The van der Waals surface area contributed by atoms with Gasteiger partial charge in [0.15, 0.2) is 0 Å². The number of aliphatic hydroxyl groups excluding tert-OH is 1. The average molecular weight is 480 g/mol. The lowest BCUT2D eigenvalue weighted by Gasteiger charge is -2.21. The van der Waals surface area contributed by atoms with Gasteiger partial charge in [-0.2, -0.15) is 11.8 Å². The minimum absolute atomic E-state index is 0.0589. The Morgan fingerprint density at radius 3 is 2.52 bits per heavy atom. The number of amides is 3. The van der Waals surface area contributed by atoms with Gasteiger partial charge in [0.2, 0.25) is 17.7 Å². The first kappa shape index (κ1) is 26.2. The van der Waals surface area contributed by atoms with E-state index in [4.69, 9.17) is 10.8 Å². The molecule has 8 N–H and O–H groups in total. The summed E-state index contributed by atoms with van der Waals surface area (Å²) in [5, 5.41) is 26.7. The fraction of sp³-hybridized carbons (Fsp3) is 0.429. The number of aromatic amines is 1. The van der Waals surface area contributed by atoms with Gasteiger partial charge in [-0.25, -0.2) is 4.79 Å². The lowest BCUT2D eigenvalue weighted by Crippen LogP contribution is -2.54. The van der Waals surface area contributed by atoms with E-state index in [1.165, 1.54) is 11.8 Å². The molecule has 3 atom stereocenters. The Hall–Kier alpha value is -3.09. The Morgan fingerprint density at radius 1 is 1.12 bits per heavy atom. The summed E-state index contributed by atoms with van der Waals surface area (Å²) in [7, 11) is 0. The Balaban J connectivity index is 2.03. The maximum Gasteiger partial charge on any atom is 0.326 e. The number of para-hydroxylation sites is 1. The van der Waals surface area contributed by atoms with Gasteiger partial charge in [0.1, 0.15) is 18.1 Å². The molecule has 1 aromatic carbocycles. The molecule has 1 heterocycles. The van der Waals surface area contributed by atoms with Crippen LogP contribution in [0.15, 0.2) is 30.5 Å². The molecule has 3 unspecified atom stereocenters. The first-order valence-corrected chi connectivity index (χ1v) is 11.7. The number of fused-ring (bicyclic) bond motifs is 1. The van der Waals surface area contributed by atoms with Crippen LogP contribution < -0.4 is 21.7 Å². The van der Waals surface area contributed by atoms with Crippen molar-refractivity contribution in [2.45, 2.75) is 31.0 Å². The molecule has 0 aliphatic rings. The number of carboxylic acid groups (broad SMARTS) is 1. The Morgan fingerprint density at radius 2 is 1.85 bits per heavy atom. The lowest BCUT2D eigenvalue weighted by molar-refractivity contribution is -0.142. The number of nitrogens with two attached hydrogens (primary N) is 1. The quantitative estimate of drug-likeness (QED) is 0.190. The molecule has 3 amide bonds. The van der Waals surface area contributed by atoms with Crippen LogP contribution in [0.2, 0.25) is 0 Å². The number of aliphatic carboxylic acids is 1. The third-order valence-electron chi connectivity index (χ3n) is 4.93. The van der Waals surface area contributed by atoms with Crippen molar-refractivity contribution in [3.05, 3.63) is 36.0 Å². The SMILES string of the molecule is CSCCC(NC(=O)CNC(=O)C(N)CO)C(=O)NC(Cc1c[nH]c2ccccc12)C(=O)O. The van der Waals surface area contributed by atoms with Gasteiger partial charge in [-0.05, 0) is 30.1 Å². The van der Waals surface area contributed by atoms with Crippen molar-refractivity contribution in [2.24, 2.45) is 5.73 Å². The van der Waals surface area contributed by atoms with Crippen LogP contribution in [0.3, 0.4) is 0 Å². The van der Waals surface area contributed by atoms with E-state index in [1.807, 2.05) is 30.5 Å². The summed E-state index contributed by atoms with van der Waals surface area (Å²) >= 11 is 1.46. The fourth-order valence-electron chi connectivity index (χ4n) is 3.12. The van der Waals surface area contributed by atoms with E-state index in [1.54, 1.807) is 6.20 Å². The molecule has 0 spiro atoms. The number of aromatic nitrogens is 1. The van der Waals surface area contributed by atoms with Crippen molar-refractivity contribution in [3.63, 3.8) is 0 Å². The molecule has 0 aliphatic heterocycles. The largest absolute Gasteiger partial charge is 0.480 e. The molecule has 11 nitrogen and oxygen atoms in total. The number of hydrogen-bond donors (Lipinski definition) is 7. The maximum absolute atomic E-state index is 12.8. The zero-order valence-electron chi connectivity index (χ0n) is 18.2. The number of thioether (sulfide) groups is 1. The molecular weight excluding hydrogens is 450 g/mol.